The van der Waals surface area contributed by atoms with E-state index in [1.54, 1.807) is 17.2 Å². The number of hydrogen-bond acceptors (Lipinski definition) is 9. The van der Waals surface area contributed by atoms with Crippen LogP contribution in [0.3, 0.4) is 0 Å². The molecule has 0 amide bonds. The Morgan fingerprint density at radius 3 is 2.22 bits per heavy atom. The molecule has 2 fully saturated rings. The molecule has 2 aliphatic carbocycles. The van der Waals surface area contributed by atoms with Crippen LogP contribution in [-0.2, 0) is 0 Å². The zero-order valence-corrected chi connectivity index (χ0v) is 25.4. The van der Waals surface area contributed by atoms with Gasteiger partial charge in [-0.05, 0) is 55.7 Å². The zero-order valence-electron chi connectivity index (χ0n) is 25.4. The van der Waals surface area contributed by atoms with Crippen molar-refractivity contribution in [2.45, 2.75) is 81.3 Å². The Morgan fingerprint density at radius 2 is 1.58 bits per heavy atom. The summed E-state index contributed by atoms with van der Waals surface area (Å²) in [6.07, 6.45) is 7.67. The predicted molar refractivity (Wildman–Crippen MR) is 174 cm³/mol. The average Bonchev–Trinajstić information content (AvgIpc) is 3.76. The van der Waals surface area contributed by atoms with Crippen molar-refractivity contribution in [3.63, 3.8) is 0 Å². The molecule has 4 atom stereocenters. The van der Waals surface area contributed by atoms with Crippen molar-refractivity contribution in [1.29, 1.82) is 0 Å². The predicted octanol–water partition coefficient (Wildman–Crippen LogP) is 4.16. The number of imidazole rings is 1. The molecule has 0 bridgehead atoms. The number of nitrogens with zero attached hydrogens (tertiary/aromatic N) is 6. The third-order valence-electron chi connectivity index (χ3n) is 9.45. The summed E-state index contributed by atoms with van der Waals surface area (Å²) >= 11 is 0. The highest BCUT2D eigenvalue weighted by molar-refractivity contribution is 5.84. The molecule has 2 aromatic carbocycles. The van der Waals surface area contributed by atoms with E-state index >= 15 is 0 Å². The van der Waals surface area contributed by atoms with Crippen LogP contribution in [0, 0.1) is 6.92 Å². The van der Waals surface area contributed by atoms with Gasteiger partial charge < -0.3 is 31.1 Å². The van der Waals surface area contributed by atoms with E-state index in [9.17, 15) is 10.2 Å². The third-order valence-corrected chi connectivity index (χ3v) is 9.45. The maximum Gasteiger partial charge on any atom is 0.227 e. The van der Waals surface area contributed by atoms with Crippen LogP contribution in [0.4, 0.5) is 11.8 Å². The first-order chi connectivity index (χ1) is 21.9. The number of nitrogens with two attached hydrogens (primary N) is 1. The van der Waals surface area contributed by atoms with Crippen LogP contribution in [0.5, 0.6) is 0 Å². The highest BCUT2D eigenvalue weighted by Gasteiger charge is 2.44. The van der Waals surface area contributed by atoms with Gasteiger partial charge in [0.25, 0.3) is 0 Å². The largest absolute Gasteiger partial charge is 0.388 e. The fraction of sp³-hybridized carbons (Fsp3) is 0.412. The van der Waals surface area contributed by atoms with Crippen LogP contribution in [-0.4, -0.2) is 70.3 Å². The number of hydrogen-bond donors (Lipinski definition) is 5. The van der Waals surface area contributed by atoms with Crippen LogP contribution >= 0.6 is 0 Å². The molecule has 0 aliphatic heterocycles. The van der Waals surface area contributed by atoms with Gasteiger partial charge in [-0.2, -0.15) is 15.1 Å². The Balaban J connectivity index is 1.23. The molecule has 2 aliphatic rings. The fourth-order valence-electron chi connectivity index (χ4n) is 6.93. The Kier molecular flexibility index (Phi) is 8.22. The molecule has 7 rings (SSSR count). The van der Waals surface area contributed by atoms with Crippen LogP contribution in [0.1, 0.15) is 66.8 Å². The molecule has 0 spiro atoms. The minimum atomic E-state index is -1.01. The fourth-order valence-corrected chi connectivity index (χ4v) is 6.93. The molecule has 0 radical (unpaired) electrons. The van der Waals surface area contributed by atoms with E-state index in [-0.39, 0.29) is 24.0 Å². The minimum Gasteiger partial charge on any atom is -0.388 e. The van der Waals surface area contributed by atoms with Gasteiger partial charge in [0.15, 0.2) is 17.0 Å². The quantitative estimate of drug-likeness (QED) is 0.166. The van der Waals surface area contributed by atoms with E-state index in [4.69, 9.17) is 20.7 Å². The highest BCUT2D eigenvalue weighted by atomic mass is 16.3. The lowest BCUT2D eigenvalue weighted by Crippen LogP contribution is -2.33. The number of nitrogens with one attached hydrogen (secondary N) is 2. The van der Waals surface area contributed by atoms with Crippen molar-refractivity contribution in [3.05, 3.63) is 96.1 Å². The lowest BCUT2D eigenvalue weighted by molar-refractivity contribution is 0.00722. The van der Waals surface area contributed by atoms with Gasteiger partial charge in [0.05, 0.1) is 24.6 Å². The van der Waals surface area contributed by atoms with Crippen molar-refractivity contribution in [2.75, 3.05) is 17.2 Å². The number of anilines is 2. The number of rotatable bonds is 9. The molecule has 234 valence electrons. The van der Waals surface area contributed by atoms with Gasteiger partial charge >= 0.3 is 0 Å². The smallest absolute Gasteiger partial charge is 0.227 e. The lowest BCUT2D eigenvalue weighted by atomic mass is 9.91. The van der Waals surface area contributed by atoms with Gasteiger partial charge in [0.1, 0.15) is 12.2 Å². The van der Waals surface area contributed by atoms with E-state index in [1.807, 2.05) is 29.8 Å². The number of benzene rings is 2. The molecular weight excluding hydrogens is 566 g/mol. The number of fused-ring (bicyclic) bond motifs is 1. The van der Waals surface area contributed by atoms with Crippen LogP contribution in [0.25, 0.3) is 11.2 Å². The van der Waals surface area contributed by atoms with Gasteiger partial charge in [-0.3, -0.25) is 4.68 Å². The SMILES string of the molecule is Cc1cnn(C2CC(n3cnc4c(NCC(c5ccccc5)c5ccccc5)nc(NC5CCC(N)CC5)nc43)[C@H](O)[C@@H]2O)c1. The second-order valence-corrected chi connectivity index (χ2v) is 12.6. The summed E-state index contributed by atoms with van der Waals surface area (Å²) in [4.78, 5) is 14.7. The topological polar surface area (TPSA) is 152 Å². The summed E-state index contributed by atoms with van der Waals surface area (Å²) < 4.78 is 3.64. The zero-order chi connectivity index (χ0) is 30.9. The summed E-state index contributed by atoms with van der Waals surface area (Å²) in [5.74, 6) is 1.22. The molecule has 3 aromatic heterocycles. The summed E-state index contributed by atoms with van der Waals surface area (Å²) in [5, 5.41) is 33.9. The molecule has 3 heterocycles. The third kappa shape index (κ3) is 6.03. The summed E-state index contributed by atoms with van der Waals surface area (Å²) in [5.41, 5.74) is 10.8. The second-order valence-electron chi connectivity index (χ2n) is 12.6. The molecule has 45 heavy (non-hydrogen) atoms. The van der Waals surface area contributed by atoms with Crippen molar-refractivity contribution < 1.29 is 10.2 Å². The normalized spacial score (nSPS) is 25.2. The standard InChI is InChI=1S/C34H41N9O2/c1-21-17-38-43(19-21)28-16-27(30(44)31(28)45)42-20-37-29-32(40-34(41-33(29)42)39-25-14-12-24(35)13-15-25)36-18-26(22-8-4-2-5-9-22)23-10-6-3-7-11-23/h2-11,17,19-20,24-28,30-31,44-45H,12-16,18,35H2,1H3,(H2,36,39,40,41)/t24?,25?,27?,28?,30-,31+/m0/s1. The Labute approximate surface area is 262 Å². The maximum absolute atomic E-state index is 11.3. The molecular formula is C34H41N9O2. The summed E-state index contributed by atoms with van der Waals surface area (Å²) in [6.45, 7) is 2.55. The Hall–Kier alpha value is -4.32. The van der Waals surface area contributed by atoms with Crippen molar-refractivity contribution in [3.8, 4) is 0 Å². The van der Waals surface area contributed by atoms with Crippen LogP contribution in [0.2, 0.25) is 0 Å². The first-order valence-corrected chi connectivity index (χ1v) is 15.9. The Morgan fingerprint density at radius 1 is 0.911 bits per heavy atom. The van der Waals surface area contributed by atoms with Crippen molar-refractivity contribution in [2.24, 2.45) is 5.73 Å². The second kappa shape index (κ2) is 12.6. The molecule has 6 N–H and O–H groups in total. The monoisotopic (exact) mass is 607 g/mol. The first kappa shape index (κ1) is 29.4. The molecule has 2 saturated carbocycles. The minimum absolute atomic E-state index is 0.0841. The van der Waals surface area contributed by atoms with E-state index in [0.29, 0.717) is 35.9 Å². The number of aryl methyl sites for hydroxylation is 1. The first-order valence-electron chi connectivity index (χ1n) is 15.9. The summed E-state index contributed by atoms with van der Waals surface area (Å²) in [7, 11) is 0. The van der Waals surface area contributed by atoms with Crippen LogP contribution < -0.4 is 16.4 Å². The molecule has 11 heteroatoms. The number of aromatic nitrogens is 6. The molecule has 5 aromatic rings. The van der Waals surface area contributed by atoms with E-state index in [1.165, 1.54) is 11.1 Å². The number of aliphatic hydroxyl groups is 2. The van der Waals surface area contributed by atoms with Gasteiger partial charge in [-0.15, -0.1) is 0 Å². The van der Waals surface area contributed by atoms with Crippen molar-refractivity contribution >= 4 is 22.9 Å². The molecule has 2 unspecified atom stereocenters. The van der Waals surface area contributed by atoms with Gasteiger partial charge in [0.2, 0.25) is 5.95 Å². The average molecular weight is 608 g/mol. The molecule has 11 nitrogen and oxygen atoms in total. The molecule has 0 saturated heterocycles. The maximum atomic E-state index is 11.3. The van der Waals surface area contributed by atoms with Crippen LogP contribution in [0.15, 0.2) is 79.4 Å². The lowest BCUT2D eigenvalue weighted by Gasteiger charge is -2.27. The van der Waals surface area contributed by atoms with Gasteiger partial charge in [-0.1, -0.05) is 60.7 Å². The van der Waals surface area contributed by atoms with E-state index in [2.05, 4.69) is 64.3 Å². The Bertz CT molecular complexity index is 1680. The summed E-state index contributed by atoms with van der Waals surface area (Å²) in [6, 6.07) is 20.6. The van der Waals surface area contributed by atoms with Gasteiger partial charge in [0, 0.05) is 30.7 Å². The highest BCUT2D eigenvalue weighted by Crippen LogP contribution is 2.40. The van der Waals surface area contributed by atoms with E-state index < -0.39 is 18.2 Å². The van der Waals surface area contributed by atoms with E-state index in [0.717, 1.165) is 31.2 Å². The van der Waals surface area contributed by atoms with Gasteiger partial charge in [-0.25, -0.2) is 4.98 Å². The van der Waals surface area contributed by atoms with Crippen molar-refractivity contribution in [1.82, 2.24) is 29.3 Å². The number of aliphatic hydroxyl groups excluding tert-OH is 2.